The maximum Gasteiger partial charge on any atom is 0.241 e. The Balaban J connectivity index is 1.61. The molecule has 3 unspecified atom stereocenters. The fourth-order valence-electron chi connectivity index (χ4n) is 4.24. The van der Waals surface area contributed by atoms with Gasteiger partial charge in [-0.2, -0.15) is 0 Å². The third kappa shape index (κ3) is 2.72. The number of carbonyl (C=O) groups is 1. The molecule has 5 atom stereocenters. The predicted molar refractivity (Wildman–Crippen MR) is 81.4 cm³/mol. The van der Waals surface area contributed by atoms with Gasteiger partial charge in [-0.3, -0.25) is 4.79 Å². The Hall–Kier alpha value is -0.620. The summed E-state index contributed by atoms with van der Waals surface area (Å²) in [7, 11) is -3.25. The minimum absolute atomic E-state index is 0.164. The number of nitrogens with one attached hydrogen (secondary N) is 2. The van der Waals surface area contributed by atoms with Crippen LogP contribution < -0.4 is 10.6 Å². The van der Waals surface area contributed by atoms with Gasteiger partial charge in [-0.25, -0.2) is 8.42 Å². The number of β-lactam (4-membered cyclic amide) rings is 1. The molecule has 2 saturated carbocycles. The number of amides is 1. The molecule has 5 nitrogen and oxygen atoms in total. The Bertz CT molecular complexity index is 505. The highest BCUT2D eigenvalue weighted by molar-refractivity contribution is 7.92. The molecule has 21 heavy (non-hydrogen) atoms. The molecule has 0 aromatic rings. The van der Waals surface area contributed by atoms with E-state index in [1.165, 1.54) is 6.42 Å². The van der Waals surface area contributed by atoms with Gasteiger partial charge in [0.15, 0.2) is 15.2 Å². The molecule has 0 spiro atoms. The average Bonchev–Trinajstić information content (AvgIpc) is 3.07. The minimum Gasteiger partial charge on any atom is -0.336 e. The van der Waals surface area contributed by atoms with Crippen molar-refractivity contribution >= 4 is 15.7 Å². The third-order valence-electron chi connectivity index (χ3n) is 5.46. The highest BCUT2D eigenvalue weighted by Gasteiger charge is 2.55. The van der Waals surface area contributed by atoms with Crippen LogP contribution in [0.4, 0.5) is 0 Å². The zero-order valence-corrected chi connectivity index (χ0v) is 13.5. The van der Waals surface area contributed by atoms with Crippen LogP contribution >= 0.6 is 0 Å². The fourth-order valence-corrected chi connectivity index (χ4v) is 6.82. The van der Waals surface area contributed by atoms with Gasteiger partial charge in [0, 0.05) is 0 Å². The van der Waals surface area contributed by atoms with Gasteiger partial charge in [0.2, 0.25) is 5.91 Å². The van der Waals surface area contributed by atoms with Gasteiger partial charge < -0.3 is 10.6 Å². The van der Waals surface area contributed by atoms with Crippen LogP contribution in [0, 0.1) is 11.8 Å². The molecule has 2 aliphatic carbocycles. The molecule has 3 rings (SSSR count). The first-order valence-electron chi connectivity index (χ1n) is 8.30. The summed E-state index contributed by atoms with van der Waals surface area (Å²) in [6.45, 7) is 2.84. The van der Waals surface area contributed by atoms with Crippen LogP contribution in [0.5, 0.6) is 0 Å². The number of hydrogen-bond acceptors (Lipinski definition) is 4. The first-order chi connectivity index (χ1) is 10.0. The van der Waals surface area contributed by atoms with Crippen molar-refractivity contribution in [3.05, 3.63) is 0 Å². The van der Waals surface area contributed by atoms with E-state index in [9.17, 15) is 13.2 Å². The monoisotopic (exact) mass is 314 g/mol. The number of unbranched alkanes of at least 4 members (excludes halogenated alkanes) is 2. The SMILES string of the molecule is CCCCCN[C@@H]1C(=O)N[C@@H]1S(=O)(=O)C1CC2CCC1C2. The highest BCUT2D eigenvalue weighted by atomic mass is 32.2. The van der Waals surface area contributed by atoms with E-state index in [1.807, 2.05) is 0 Å². The summed E-state index contributed by atoms with van der Waals surface area (Å²) in [5.41, 5.74) is 0. The van der Waals surface area contributed by atoms with E-state index in [0.29, 0.717) is 18.4 Å². The summed E-state index contributed by atoms with van der Waals surface area (Å²) in [5.74, 6) is 0.767. The molecule has 1 aliphatic heterocycles. The van der Waals surface area contributed by atoms with Crippen molar-refractivity contribution in [1.82, 2.24) is 10.6 Å². The van der Waals surface area contributed by atoms with E-state index in [2.05, 4.69) is 17.6 Å². The van der Waals surface area contributed by atoms with Crippen LogP contribution in [0.25, 0.3) is 0 Å². The second-order valence-corrected chi connectivity index (χ2v) is 9.16. The first-order valence-corrected chi connectivity index (χ1v) is 9.91. The van der Waals surface area contributed by atoms with Crippen LogP contribution in [0.15, 0.2) is 0 Å². The predicted octanol–water partition coefficient (Wildman–Crippen LogP) is 1.19. The smallest absolute Gasteiger partial charge is 0.241 e. The molecule has 2 bridgehead atoms. The van der Waals surface area contributed by atoms with Crippen molar-refractivity contribution in [1.29, 1.82) is 0 Å². The summed E-state index contributed by atoms with van der Waals surface area (Å²) >= 11 is 0. The number of sulfone groups is 1. The normalized spacial score (nSPS) is 38.3. The number of rotatable bonds is 7. The summed E-state index contributed by atoms with van der Waals surface area (Å²) in [6, 6.07) is -0.536. The third-order valence-corrected chi connectivity index (χ3v) is 7.98. The highest BCUT2D eigenvalue weighted by Crippen LogP contribution is 2.48. The van der Waals surface area contributed by atoms with E-state index in [4.69, 9.17) is 0 Å². The first kappa shape index (κ1) is 15.3. The van der Waals surface area contributed by atoms with Gasteiger partial charge in [0.1, 0.15) is 6.04 Å². The lowest BCUT2D eigenvalue weighted by Gasteiger charge is -2.39. The minimum atomic E-state index is -3.25. The van der Waals surface area contributed by atoms with E-state index in [-0.39, 0.29) is 11.2 Å². The molecule has 120 valence electrons. The van der Waals surface area contributed by atoms with Gasteiger partial charge in [0.25, 0.3) is 0 Å². The summed E-state index contributed by atoms with van der Waals surface area (Å²) in [4.78, 5) is 11.7. The molecule has 1 amide bonds. The summed E-state index contributed by atoms with van der Waals surface area (Å²) in [5, 5.41) is 4.84. The Morgan fingerprint density at radius 1 is 1.24 bits per heavy atom. The maximum atomic E-state index is 12.8. The van der Waals surface area contributed by atoms with Gasteiger partial charge in [-0.1, -0.05) is 26.2 Å². The molecular formula is C15H26N2O3S. The zero-order valence-electron chi connectivity index (χ0n) is 12.7. The lowest BCUT2D eigenvalue weighted by Crippen LogP contribution is -2.72. The molecular weight excluding hydrogens is 288 g/mol. The van der Waals surface area contributed by atoms with E-state index < -0.39 is 21.3 Å². The van der Waals surface area contributed by atoms with Gasteiger partial charge in [0.05, 0.1) is 5.25 Å². The Labute approximate surface area is 127 Å². The van der Waals surface area contributed by atoms with Crippen molar-refractivity contribution in [2.24, 2.45) is 11.8 Å². The topological polar surface area (TPSA) is 75.3 Å². The molecule has 3 aliphatic rings. The molecule has 1 saturated heterocycles. The molecule has 0 radical (unpaired) electrons. The van der Waals surface area contributed by atoms with E-state index in [1.54, 1.807) is 0 Å². The largest absolute Gasteiger partial charge is 0.336 e. The van der Waals surface area contributed by atoms with E-state index >= 15 is 0 Å². The zero-order chi connectivity index (χ0) is 15.0. The van der Waals surface area contributed by atoms with Crippen molar-refractivity contribution in [3.8, 4) is 0 Å². The lowest BCUT2D eigenvalue weighted by molar-refractivity contribution is -0.129. The number of fused-ring (bicyclic) bond motifs is 2. The summed E-state index contributed by atoms with van der Waals surface area (Å²) < 4.78 is 25.6. The van der Waals surface area contributed by atoms with Crippen LogP contribution in [-0.2, 0) is 14.6 Å². The average molecular weight is 314 g/mol. The van der Waals surface area contributed by atoms with Crippen LogP contribution in [0.3, 0.4) is 0 Å². The molecule has 0 aromatic carbocycles. The van der Waals surface area contributed by atoms with Crippen molar-refractivity contribution in [2.75, 3.05) is 6.54 Å². The Morgan fingerprint density at radius 2 is 2.05 bits per heavy atom. The Morgan fingerprint density at radius 3 is 2.62 bits per heavy atom. The lowest BCUT2D eigenvalue weighted by atomic mass is 10.0. The maximum absolute atomic E-state index is 12.8. The Kier molecular flexibility index (Phi) is 4.28. The molecule has 1 heterocycles. The van der Waals surface area contributed by atoms with Gasteiger partial charge in [-0.05, 0) is 44.1 Å². The van der Waals surface area contributed by atoms with Gasteiger partial charge >= 0.3 is 0 Å². The van der Waals surface area contributed by atoms with Crippen LogP contribution in [0.2, 0.25) is 0 Å². The molecule has 2 N–H and O–H groups in total. The quantitative estimate of drug-likeness (QED) is 0.547. The van der Waals surface area contributed by atoms with Crippen molar-refractivity contribution < 1.29 is 13.2 Å². The van der Waals surface area contributed by atoms with Crippen LogP contribution in [0.1, 0.15) is 51.9 Å². The standard InChI is InChI=1S/C15H26N2O3S/c1-2-3-4-7-16-13-14(18)17-15(13)21(19,20)12-9-10-5-6-11(12)8-10/h10-13,15-16H,2-9H2,1H3,(H,17,18)/t10?,11?,12?,13-,15-/m1/s1. The molecule has 6 heteroatoms. The second kappa shape index (κ2) is 5.88. The molecule has 3 fully saturated rings. The number of hydrogen-bond donors (Lipinski definition) is 2. The van der Waals surface area contributed by atoms with Gasteiger partial charge in [-0.15, -0.1) is 0 Å². The second-order valence-electron chi connectivity index (χ2n) is 6.87. The molecule has 0 aromatic heterocycles. The summed E-state index contributed by atoms with van der Waals surface area (Å²) in [6.07, 6.45) is 7.31. The fraction of sp³-hybridized carbons (Fsp3) is 0.933. The van der Waals surface area contributed by atoms with Crippen molar-refractivity contribution in [2.45, 2.75) is 68.5 Å². The number of carbonyl (C=O) groups excluding carboxylic acids is 1. The van der Waals surface area contributed by atoms with Crippen molar-refractivity contribution in [3.63, 3.8) is 0 Å². The van der Waals surface area contributed by atoms with E-state index in [0.717, 1.165) is 38.5 Å². The van der Waals surface area contributed by atoms with Crippen LogP contribution in [-0.4, -0.2) is 37.5 Å².